The normalized spacial score (nSPS) is 10.1. The molecule has 24 heavy (non-hydrogen) atoms. The topological polar surface area (TPSA) is 78.7 Å². The van der Waals surface area contributed by atoms with Crippen molar-refractivity contribution in [2.45, 2.75) is 12.8 Å². The van der Waals surface area contributed by atoms with Gasteiger partial charge in [-0.1, -0.05) is 12.1 Å². The fourth-order valence-electron chi connectivity index (χ4n) is 2.19. The molecule has 2 heterocycles. The van der Waals surface area contributed by atoms with Crippen molar-refractivity contribution in [1.29, 1.82) is 5.26 Å². The van der Waals surface area contributed by atoms with Crippen molar-refractivity contribution >= 4 is 22.9 Å². The van der Waals surface area contributed by atoms with E-state index in [0.29, 0.717) is 24.1 Å². The van der Waals surface area contributed by atoms with Crippen LogP contribution in [0.4, 0.5) is 5.69 Å². The molecule has 0 radical (unpaired) electrons. The van der Waals surface area contributed by atoms with Crippen molar-refractivity contribution in [3.8, 4) is 16.6 Å². The highest BCUT2D eigenvalue weighted by Gasteiger charge is 2.09. The number of nitrogens with one attached hydrogen (secondary N) is 1. The van der Waals surface area contributed by atoms with Gasteiger partial charge < -0.3 is 5.32 Å². The molecular formula is C18H14N4OS. The molecule has 0 atom stereocenters. The molecule has 0 bridgehead atoms. The first-order chi connectivity index (χ1) is 11.8. The Bertz CT molecular complexity index is 883. The maximum atomic E-state index is 12.1. The Balaban J connectivity index is 1.59. The molecule has 2 aromatic heterocycles. The number of anilines is 1. The number of hydrogen-bond acceptors (Lipinski definition) is 5. The van der Waals surface area contributed by atoms with Crippen LogP contribution in [0, 0.1) is 11.3 Å². The largest absolute Gasteiger partial charge is 0.325 e. The first-order valence-corrected chi connectivity index (χ1v) is 8.28. The minimum absolute atomic E-state index is 0.131. The summed E-state index contributed by atoms with van der Waals surface area (Å²) in [6.45, 7) is 0. The van der Waals surface area contributed by atoms with Gasteiger partial charge in [-0.25, -0.2) is 4.98 Å². The van der Waals surface area contributed by atoms with E-state index in [2.05, 4.69) is 21.4 Å². The van der Waals surface area contributed by atoms with E-state index in [-0.39, 0.29) is 5.91 Å². The first kappa shape index (κ1) is 15.8. The van der Waals surface area contributed by atoms with Crippen molar-refractivity contribution in [2.24, 2.45) is 0 Å². The van der Waals surface area contributed by atoms with Gasteiger partial charge in [0, 0.05) is 29.8 Å². The summed E-state index contributed by atoms with van der Waals surface area (Å²) < 4.78 is 0. The second-order valence-corrected chi connectivity index (χ2v) is 5.95. The maximum Gasteiger partial charge on any atom is 0.224 e. The lowest BCUT2D eigenvalue weighted by atomic mass is 10.2. The third-order valence-corrected chi connectivity index (χ3v) is 4.33. The Morgan fingerprint density at radius 3 is 2.92 bits per heavy atom. The van der Waals surface area contributed by atoms with Crippen LogP contribution in [0.2, 0.25) is 0 Å². The highest BCUT2D eigenvalue weighted by Crippen LogP contribution is 2.23. The van der Waals surface area contributed by atoms with Gasteiger partial charge in [-0.15, -0.1) is 11.3 Å². The molecule has 0 spiro atoms. The van der Waals surface area contributed by atoms with Crippen molar-refractivity contribution in [3.63, 3.8) is 0 Å². The average molecular weight is 334 g/mol. The average Bonchev–Trinajstić information content (AvgIpc) is 3.10. The van der Waals surface area contributed by atoms with E-state index in [9.17, 15) is 4.79 Å². The summed E-state index contributed by atoms with van der Waals surface area (Å²) in [6.07, 6.45) is 4.36. The van der Waals surface area contributed by atoms with Crippen molar-refractivity contribution in [2.75, 3.05) is 5.32 Å². The van der Waals surface area contributed by atoms with Crippen molar-refractivity contribution < 1.29 is 4.79 Å². The Hall–Kier alpha value is -3.04. The molecule has 1 N–H and O–H groups in total. The second-order valence-electron chi connectivity index (χ2n) is 5.09. The number of para-hydroxylation sites is 1. The lowest BCUT2D eigenvalue weighted by Crippen LogP contribution is -2.13. The second kappa shape index (κ2) is 7.49. The molecule has 0 fully saturated rings. The molecule has 3 aromatic rings. The summed E-state index contributed by atoms with van der Waals surface area (Å²) in [5.41, 5.74) is 2.85. The van der Waals surface area contributed by atoms with Crippen LogP contribution in [0.3, 0.4) is 0 Å². The van der Waals surface area contributed by atoms with Gasteiger partial charge in [-0.3, -0.25) is 9.78 Å². The molecule has 0 saturated heterocycles. The molecule has 3 rings (SSSR count). The van der Waals surface area contributed by atoms with Gasteiger partial charge in [-0.05, 0) is 30.7 Å². The molecule has 0 unspecified atom stereocenters. The number of amides is 1. The third kappa shape index (κ3) is 3.83. The minimum atomic E-state index is -0.131. The van der Waals surface area contributed by atoms with Crippen LogP contribution in [-0.4, -0.2) is 15.9 Å². The van der Waals surface area contributed by atoms with Crippen LogP contribution in [0.25, 0.3) is 10.6 Å². The van der Waals surface area contributed by atoms with Gasteiger partial charge in [0.1, 0.15) is 11.1 Å². The zero-order valence-electron chi connectivity index (χ0n) is 12.8. The van der Waals surface area contributed by atoms with E-state index in [1.165, 1.54) is 11.3 Å². The number of aryl methyl sites for hydroxylation is 1. The molecular weight excluding hydrogens is 320 g/mol. The van der Waals surface area contributed by atoms with Crippen LogP contribution >= 0.6 is 11.3 Å². The Kier molecular flexibility index (Phi) is 4.94. The predicted octanol–water partition coefficient (Wildman–Crippen LogP) is 3.65. The highest BCUT2D eigenvalue weighted by molar-refractivity contribution is 7.13. The first-order valence-electron chi connectivity index (χ1n) is 7.40. The lowest BCUT2D eigenvalue weighted by Gasteiger charge is -2.05. The number of nitrogens with zero attached hydrogens (tertiary/aromatic N) is 3. The maximum absolute atomic E-state index is 12.1. The Morgan fingerprint density at radius 1 is 1.25 bits per heavy atom. The molecule has 0 aliphatic rings. The van der Waals surface area contributed by atoms with Crippen LogP contribution in [0.1, 0.15) is 17.7 Å². The van der Waals surface area contributed by atoms with Crippen molar-refractivity contribution in [3.05, 3.63) is 65.4 Å². The summed E-state index contributed by atoms with van der Waals surface area (Å²) in [4.78, 5) is 20.7. The zero-order valence-corrected chi connectivity index (χ0v) is 13.6. The lowest BCUT2D eigenvalue weighted by molar-refractivity contribution is -0.116. The van der Waals surface area contributed by atoms with Gasteiger partial charge in [-0.2, -0.15) is 5.26 Å². The number of carbonyl (C=O) groups excluding carboxylic acids is 1. The van der Waals surface area contributed by atoms with E-state index >= 15 is 0 Å². The minimum Gasteiger partial charge on any atom is -0.325 e. The summed E-state index contributed by atoms with van der Waals surface area (Å²) in [7, 11) is 0. The Labute approximate surface area is 143 Å². The predicted molar refractivity (Wildman–Crippen MR) is 93.5 cm³/mol. The number of hydrogen-bond donors (Lipinski definition) is 1. The SMILES string of the molecule is N#Cc1ccccc1NC(=O)CCc1csc(-c2cccnc2)n1. The summed E-state index contributed by atoms with van der Waals surface area (Å²) in [5, 5.41) is 14.7. The third-order valence-electron chi connectivity index (χ3n) is 3.39. The molecule has 0 saturated carbocycles. The number of aromatic nitrogens is 2. The smallest absolute Gasteiger partial charge is 0.224 e. The van der Waals surface area contributed by atoms with Gasteiger partial charge in [0.15, 0.2) is 0 Å². The number of carbonyl (C=O) groups is 1. The molecule has 1 aromatic carbocycles. The zero-order chi connectivity index (χ0) is 16.8. The standard InChI is InChI=1S/C18H14N4OS/c19-10-13-4-1-2-6-16(13)22-17(23)8-7-15-12-24-18(21-15)14-5-3-9-20-11-14/h1-6,9,11-12H,7-8H2,(H,22,23). The Morgan fingerprint density at radius 2 is 2.12 bits per heavy atom. The van der Waals surface area contributed by atoms with E-state index in [0.717, 1.165) is 16.3 Å². The quantitative estimate of drug-likeness (QED) is 0.772. The van der Waals surface area contributed by atoms with Gasteiger partial charge >= 0.3 is 0 Å². The number of thiazole rings is 1. The van der Waals surface area contributed by atoms with Gasteiger partial charge in [0.05, 0.1) is 16.9 Å². The van der Waals surface area contributed by atoms with E-state index < -0.39 is 0 Å². The summed E-state index contributed by atoms with van der Waals surface area (Å²) in [6, 6.07) is 12.9. The monoisotopic (exact) mass is 334 g/mol. The van der Waals surface area contributed by atoms with Crippen LogP contribution in [0.5, 0.6) is 0 Å². The molecule has 5 nitrogen and oxygen atoms in total. The number of pyridine rings is 1. The number of rotatable bonds is 5. The molecule has 0 aliphatic heterocycles. The molecule has 6 heteroatoms. The molecule has 1 amide bonds. The van der Waals surface area contributed by atoms with E-state index in [1.54, 1.807) is 36.7 Å². The van der Waals surface area contributed by atoms with E-state index in [4.69, 9.17) is 5.26 Å². The highest BCUT2D eigenvalue weighted by atomic mass is 32.1. The fraction of sp³-hybridized carbons (Fsp3) is 0.111. The van der Waals surface area contributed by atoms with Crippen LogP contribution < -0.4 is 5.32 Å². The van der Waals surface area contributed by atoms with E-state index in [1.807, 2.05) is 17.5 Å². The summed E-state index contributed by atoms with van der Waals surface area (Å²) in [5.74, 6) is -0.131. The molecule has 118 valence electrons. The van der Waals surface area contributed by atoms with Crippen LogP contribution in [0.15, 0.2) is 54.2 Å². The fourth-order valence-corrected chi connectivity index (χ4v) is 3.03. The number of nitriles is 1. The van der Waals surface area contributed by atoms with Gasteiger partial charge in [0.25, 0.3) is 0 Å². The van der Waals surface area contributed by atoms with Gasteiger partial charge in [0.2, 0.25) is 5.91 Å². The van der Waals surface area contributed by atoms with Crippen molar-refractivity contribution in [1.82, 2.24) is 9.97 Å². The number of benzene rings is 1. The summed E-state index contributed by atoms with van der Waals surface area (Å²) >= 11 is 1.54. The molecule has 0 aliphatic carbocycles. The van der Waals surface area contributed by atoms with Crippen LogP contribution in [-0.2, 0) is 11.2 Å².